The summed E-state index contributed by atoms with van der Waals surface area (Å²) in [4.78, 5) is 4.98. The van der Waals surface area contributed by atoms with Gasteiger partial charge in [-0.3, -0.25) is 4.99 Å². The van der Waals surface area contributed by atoms with Crippen molar-refractivity contribution in [2.24, 2.45) is 4.99 Å². The Hall–Kier alpha value is -1.62. The molecule has 0 N–H and O–H groups in total. The van der Waals surface area contributed by atoms with E-state index in [2.05, 4.69) is 18.2 Å². The third-order valence-corrected chi connectivity index (χ3v) is 4.28. The average molecular weight is 311 g/mol. The topological polar surface area (TPSA) is 12.4 Å². The summed E-state index contributed by atoms with van der Waals surface area (Å²) in [6.07, 6.45) is -1.47. The van der Waals surface area contributed by atoms with Crippen LogP contribution in [0.1, 0.15) is 30.6 Å². The summed E-state index contributed by atoms with van der Waals surface area (Å²) in [6, 6.07) is 3.88. The maximum atomic E-state index is 13.0. The summed E-state index contributed by atoms with van der Waals surface area (Å²) in [6.45, 7) is 7.76. The molecule has 0 aliphatic carbocycles. The van der Waals surface area contributed by atoms with Crippen molar-refractivity contribution in [3.63, 3.8) is 0 Å². The smallest absolute Gasteiger partial charge is 0.261 e. The zero-order chi connectivity index (χ0) is 15.5. The predicted molar refractivity (Wildman–Crippen MR) is 82.5 cm³/mol. The molecule has 0 atom stereocenters. The molecule has 1 nitrogen and oxygen atoms in total. The van der Waals surface area contributed by atoms with Gasteiger partial charge in [-0.25, -0.2) is 0 Å². The molecule has 21 heavy (non-hydrogen) atoms. The molecule has 0 radical (unpaired) electrons. The van der Waals surface area contributed by atoms with Gasteiger partial charge in [0.05, 0.1) is 11.3 Å². The summed E-state index contributed by atoms with van der Waals surface area (Å²) < 4.78 is 39.0. The molecule has 112 valence electrons. The lowest BCUT2D eigenvalue weighted by molar-refractivity contribution is -0.0947. The van der Waals surface area contributed by atoms with Crippen LogP contribution < -0.4 is 0 Å². The number of thiophene rings is 1. The van der Waals surface area contributed by atoms with Gasteiger partial charge >= 0.3 is 6.18 Å². The lowest BCUT2D eigenvalue weighted by Gasteiger charge is -2.19. The van der Waals surface area contributed by atoms with Crippen molar-refractivity contribution in [2.75, 3.05) is 0 Å². The van der Waals surface area contributed by atoms with Gasteiger partial charge in [0.25, 0.3) is 0 Å². The van der Waals surface area contributed by atoms with Crippen LogP contribution in [0.4, 0.5) is 13.2 Å². The van der Waals surface area contributed by atoms with Crippen LogP contribution in [0.5, 0.6) is 0 Å². The second-order valence-corrected chi connectivity index (χ2v) is 5.81. The first kappa shape index (κ1) is 15.8. The van der Waals surface area contributed by atoms with Gasteiger partial charge in [0, 0.05) is 11.1 Å². The maximum absolute atomic E-state index is 13.0. The molecule has 0 aromatic carbocycles. The molecule has 1 aliphatic rings. The van der Waals surface area contributed by atoms with Crippen LogP contribution in [0.2, 0.25) is 0 Å². The van der Waals surface area contributed by atoms with E-state index in [4.69, 9.17) is 0 Å². The summed E-state index contributed by atoms with van der Waals surface area (Å²) in [5.74, 6) is 0. The molecule has 1 aliphatic heterocycles. The third-order valence-electron chi connectivity index (χ3n) is 3.30. The zero-order valence-corrected chi connectivity index (χ0v) is 12.4. The van der Waals surface area contributed by atoms with Crippen LogP contribution in [0.3, 0.4) is 0 Å². The largest absolute Gasteiger partial charge is 0.414 e. The Morgan fingerprint density at radius 1 is 1.24 bits per heavy atom. The number of allylic oxidation sites excluding steroid dienone is 3. The molecule has 0 saturated carbocycles. The third kappa shape index (κ3) is 3.94. The second kappa shape index (κ2) is 6.43. The Kier molecular flexibility index (Phi) is 4.83. The monoisotopic (exact) mass is 311 g/mol. The van der Waals surface area contributed by atoms with E-state index >= 15 is 0 Å². The molecule has 1 aromatic rings. The Balaban J connectivity index is 2.07. The first-order valence-electron chi connectivity index (χ1n) is 6.62. The molecule has 1 aromatic heterocycles. The lowest BCUT2D eigenvalue weighted by atomic mass is 9.97. The minimum Gasteiger partial charge on any atom is -0.261 e. The van der Waals surface area contributed by atoms with Gasteiger partial charge in [0.1, 0.15) is 0 Å². The summed E-state index contributed by atoms with van der Waals surface area (Å²) >= 11 is 1.57. The predicted octanol–water partition coefficient (Wildman–Crippen LogP) is 5.78. The van der Waals surface area contributed by atoms with E-state index in [0.717, 1.165) is 10.5 Å². The standard InChI is InChI=1S/C16H16F3NS/c1-11(14-6-4-10-21-14)7-8-12(2)15-13(16(17,18)19)5-3-9-20-15/h4,6,9-10H,1-3,5,7-8H2. The van der Waals surface area contributed by atoms with E-state index in [9.17, 15) is 13.2 Å². The average Bonchev–Trinajstić information content (AvgIpc) is 2.97. The Morgan fingerprint density at radius 3 is 2.57 bits per heavy atom. The summed E-state index contributed by atoms with van der Waals surface area (Å²) in [5.41, 5.74) is 0.792. The first-order valence-corrected chi connectivity index (χ1v) is 7.50. The van der Waals surface area contributed by atoms with Crippen molar-refractivity contribution in [2.45, 2.75) is 31.9 Å². The summed E-state index contributed by atoms with van der Waals surface area (Å²) in [7, 11) is 0. The fraction of sp³-hybridized carbons (Fsp3) is 0.312. The van der Waals surface area contributed by atoms with Crippen LogP contribution in [0.15, 0.2) is 52.5 Å². The summed E-state index contributed by atoms with van der Waals surface area (Å²) in [5, 5.41) is 1.95. The van der Waals surface area contributed by atoms with Crippen molar-refractivity contribution in [3.8, 4) is 0 Å². The molecular formula is C16H16F3NS. The molecule has 0 fully saturated rings. The van der Waals surface area contributed by atoms with Crippen LogP contribution in [-0.4, -0.2) is 12.4 Å². The highest BCUT2D eigenvalue weighted by molar-refractivity contribution is 7.11. The normalized spacial score (nSPS) is 15.4. The number of rotatable bonds is 5. The number of hydrogen-bond donors (Lipinski definition) is 0. The van der Waals surface area contributed by atoms with Crippen LogP contribution >= 0.6 is 11.3 Å². The molecule has 0 unspecified atom stereocenters. The molecule has 0 spiro atoms. The fourth-order valence-electron chi connectivity index (χ4n) is 2.16. The SMILES string of the molecule is C=C(CCC(=C)c1cccs1)C1=C(C(F)(F)F)CCC=N1. The molecule has 2 heterocycles. The van der Waals surface area contributed by atoms with Crippen molar-refractivity contribution in [3.05, 3.63) is 52.4 Å². The van der Waals surface area contributed by atoms with E-state index in [0.29, 0.717) is 24.8 Å². The second-order valence-electron chi connectivity index (χ2n) is 4.86. The van der Waals surface area contributed by atoms with Gasteiger partial charge in [-0.15, -0.1) is 11.3 Å². The highest BCUT2D eigenvalue weighted by Crippen LogP contribution is 2.37. The highest BCUT2D eigenvalue weighted by Gasteiger charge is 2.37. The highest BCUT2D eigenvalue weighted by atomic mass is 32.1. The quantitative estimate of drug-likeness (QED) is 0.653. The van der Waals surface area contributed by atoms with Crippen molar-refractivity contribution >= 4 is 23.1 Å². The van der Waals surface area contributed by atoms with Crippen LogP contribution in [0.25, 0.3) is 5.57 Å². The van der Waals surface area contributed by atoms with E-state index in [1.54, 1.807) is 11.3 Å². The number of aliphatic imine (C=N–C) groups is 1. The van der Waals surface area contributed by atoms with Gasteiger partial charge < -0.3 is 0 Å². The molecule has 5 heteroatoms. The number of nitrogens with zero attached hydrogens (tertiary/aromatic N) is 1. The van der Waals surface area contributed by atoms with Gasteiger partial charge in [0.15, 0.2) is 0 Å². The van der Waals surface area contributed by atoms with E-state index in [1.807, 2.05) is 17.5 Å². The zero-order valence-electron chi connectivity index (χ0n) is 11.5. The van der Waals surface area contributed by atoms with E-state index in [-0.39, 0.29) is 12.1 Å². The number of alkyl halides is 3. The van der Waals surface area contributed by atoms with Crippen molar-refractivity contribution in [1.82, 2.24) is 0 Å². The van der Waals surface area contributed by atoms with Crippen molar-refractivity contribution < 1.29 is 13.2 Å². The number of halogens is 3. The van der Waals surface area contributed by atoms with E-state index in [1.165, 1.54) is 6.21 Å². The van der Waals surface area contributed by atoms with Gasteiger partial charge in [-0.2, -0.15) is 13.2 Å². The Bertz CT molecular complexity index is 592. The van der Waals surface area contributed by atoms with Gasteiger partial charge in [-0.05, 0) is 48.3 Å². The molecular weight excluding hydrogens is 295 g/mol. The molecule has 0 bridgehead atoms. The van der Waals surface area contributed by atoms with Gasteiger partial charge in [-0.1, -0.05) is 19.2 Å². The number of hydrogen-bond acceptors (Lipinski definition) is 2. The Labute approximate surface area is 126 Å². The molecule has 0 saturated heterocycles. The van der Waals surface area contributed by atoms with Crippen molar-refractivity contribution in [1.29, 1.82) is 0 Å². The maximum Gasteiger partial charge on any atom is 0.414 e. The van der Waals surface area contributed by atoms with Crippen LogP contribution in [0, 0.1) is 0 Å². The lowest BCUT2D eigenvalue weighted by Crippen LogP contribution is -2.17. The van der Waals surface area contributed by atoms with Crippen LogP contribution in [-0.2, 0) is 0 Å². The van der Waals surface area contributed by atoms with Gasteiger partial charge in [0.2, 0.25) is 0 Å². The molecule has 0 amide bonds. The minimum atomic E-state index is -4.33. The van der Waals surface area contributed by atoms with E-state index < -0.39 is 11.7 Å². The molecule has 2 rings (SSSR count). The fourth-order valence-corrected chi connectivity index (χ4v) is 2.89. The minimum absolute atomic E-state index is 0.00716. The first-order chi connectivity index (χ1) is 9.89. The Morgan fingerprint density at radius 2 is 1.95 bits per heavy atom.